The number of rotatable bonds is 7. The molecule has 0 saturated heterocycles. The van der Waals surface area contributed by atoms with Gasteiger partial charge in [0.25, 0.3) is 5.91 Å². The Morgan fingerprint density at radius 2 is 1.96 bits per heavy atom. The average Bonchev–Trinajstić information content (AvgIpc) is 2.61. The zero-order valence-corrected chi connectivity index (χ0v) is 14.7. The number of pyridine rings is 1. The van der Waals surface area contributed by atoms with Crippen molar-refractivity contribution in [1.82, 2.24) is 10.3 Å². The van der Waals surface area contributed by atoms with Crippen LogP contribution in [0.15, 0.2) is 42.6 Å². The van der Waals surface area contributed by atoms with Gasteiger partial charge in [-0.1, -0.05) is 19.9 Å². The Hall–Kier alpha value is -2.89. The van der Waals surface area contributed by atoms with E-state index in [4.69, 9.17) is 4.74 Å². The van der Waals surface area contributed by atoms with Crippen LogP contribution in [0.25, 0.3) is 0 Å². The average molecular weight is 341 g/mol. The van der Waals surface area contributed by atoms with Crippen molar-refractivity contribution in [2.45, 2.75) is 20.3 Å². The number of benzene rings is 1. The van der Waals surface area contributed by atoms with Crippen LogP contribution in [0.2, 0.25) is 0 Å². The lowest BCUT2D eigenvalue weighted by Gasteiger charge is -2.09. The van der Waals surface area contributed by atoms with Gasteiger partial charge in [0.15, 0.2) is 0 Å². The zero-order valence-electron chi connectivity index (χ0n) is 14.7. The molecule has 0 aliphatic heterocycles. The number of carbonyl (C=O) groups is 2. The van der Waals surface area contributed by atoms with Gasteiger partial charge >= 0.3 is 5.97 Å². The van der Waals surface area contributed by atoms with Gasteiger partial charge in [0.1, 0.15) is 5.82 Å². The van der Waals surface area contributed by atoms with Gasteiger partial charge < -0.3 is 15.4 Å². The Morgan fingerprint density at radius 3 is 2.60 bits per heavy atom. The number of carbonyl (C=O) groups excluding carboxylic acids is 2. The number of methoxy groups -OCH3 is 1. The number of nitrogens with one attached hydrogen (secondary N) is 2. The van der Waals surface area contributed by atoms with E-state index in [0.717, 1.165) is 6.42 Å². The van der Waals surface area contributed by atoms with Crippen molar-refractivity contribution >= 4 is 23.4 Å². The van der Waals surface area contributed by atoms with E-state index in [1.54, 1.807) is 30.3 Å². The lowest BCUT2D eigenvalue weighted by atomic mass is 10.1. The molecular weight excluding hydrogens is 318 g/mol. The Labute approximate surface area is 147 Å². The van der Waals surface area contributed by atoms with Crippen molar-refractivity contribution in [3.8, 4) is 0 Å². The quantitative estimate of drug-likeness (QED) is 0.755. The molecule has 0 saturated carbocycles. The van der Waals surface area contributed by atoms with Crippen molar-refractivity contribution in [3.05, 3.63) is 53.7 Å². The van der Waals surface area contributed by atoms with Gasteiger partial charge in [-0.2, -0.15) is 0 Å². The Kier molecular flexibility index (Phi) is 6.51. The number of hydrogen-bond donors (Lipinski definition) is 2. The predicted molar refractivity (Wildman–Crippen MR) is 97.1 cm³/mol. The van der Waals surface area contributed by atoms with Crippen LogP contribution in [0, 0.1) is 5.92 Å². The molecule has 1 amide bonds. The van der Waals surface area contributed by atoms with Gasteiger partial charge in [0.05, 0.1) is 18.2 Å². The van der Waals surface area contributed by atoms with Crippen LogP contribution in [0.5, 0.6) is 0 Å². The summed E-state index contributed by atoms with van der Waals surface area (Å²) in [6.45, 7) is 4.88. The minimum atomic E-state index is -0.398. The first kappa shape index (κ1) is 18.4. The summed E-state index contributed by atoms with van der Waals surface area (Å²) in [5.41, 5.74) is 1.68. The van der Waals surface area contributed by atoms with E-state index in [2.05, 4.69) is 29.5 Å². The molecule has 2 rings (SSSR count). The molecule has 2 N–H and O–H groups in total. The topological polar surface area (TPSA) is 80.3 Å². The second-order valence-electron chi connectivity index (χ2n) is 6.07. The first-order valence-corrected chi connectivity index (χ1v) is 8.19. The molecule has 132 valence electrons. The molecule has 0 radical (unpaired) electrons. The summed E-state index contributed by atoms with van der Waals surface area (Å²) in [4.78, 5) is 27.8. The molecule has 0 unspecified atom stereocenters. The van der Waals surface area contributed by atoms with Crippen LogP contribution < -0.4 is 10.6 Å². The van der Waals surface area contributed by atoms with Gasteiger partial charge in [-0.05, 0) is 42.7 Å². The van der Waals surface area contributed by atoms with Crippen LogP contribution in [-0.2, 0) is 4.74 Å². The highest BCUT2D eigenvalue weighted by Gasteiger charge is 2.08. The summed E-state index contributed by atoms with van der Waals surface area (Å²) >= 11 is 0. The Balaban J connectivity index is 1.98. The molecule has 0 spiro atoms. The van der Waals surface area contributed by atoms with Gasteiger partial charge in [0, 0.05) is 18.4 Å². The standard InChI is InChI=1S/C19H23N3O3/c1-13(2)9-10-20-18(23)15-7-8-17(21-12-15)22-16-6-4-5-14(11-16)19(24)25-3/h4-8,11-13H,9-10H2,1-3H3,(H,20,23)(H,21,22). The van der Waals surface area contributed by atoms with E-state index >= 15 is 0 Å². The molecule has 1 heterocycles. The number of esters is 1. The summed E-state index contributed by atoms with van der Waals surface area (Å²) < 4.78 is 4.70. The highest BCUT2D eigenvalue weighted by atomic mass is 16.5. The largest absolute Gasteiger partial charge is 0.465 e. The lowest BCUT2D eigenvalue weighted by molar-refractivity contribution is 0.0600. The number of anilines is 2. The van der Waals surface area contributed by atoms with Crippen LogP contribution in [0.4, 0.5) is 11.5 Å². The second-order valence-corrected chi connectivity index (χ2v) is 6.07. The molecule has 0 aliphatic carbocycles. The minimum absolute atomic E-state index is 0.132. The number of aromatic nitrogens is 1. The summed E-state index contributed by atoms with van der Waals surface area (Å²) in [6.07, 6.45) is 2.46. The van der Waals surface area contributed by atoms with E-state index in [-0.39, 0.29) is 5.91 Å². The molecule has 0 fully saturated rings. The molecule has 25 heavy (non-hydrogen) atoms. The van der Waals surface area contributed by atoms with E-state index in [1.165, 1.54) is 13.3 Å². The maximum atomic E-state index is 12.0. The minimum Gasteiger partial charge on any atom is -0.465 e. The van der Waals surface area contributed by atoms with Gasteiger partial charge in [-0.15, -0.1) is 0 Å². The van der Waals surface area contributed by atoms with Crippen LogP contribution in [-0.4, -0.2) is 30.5 Å². The van der Waals surface area contributed by atoms with Gasteiger partial charge in [0.2, 0.25) is 0 Å². The summed E-state index contributed by atoms with van der Waals surface area (Å²) in [5.74, 6) is 0.601. The van der Waals surface area contributed by atoms with Crippen LogP contribution in [0.3, 0.4) is 0 Å². The van der Waals surface area contributed by atoms with Crippen molar-refractivity contribution in [2.75, 3.05) is 19.0 Å². The third kappa shape index (κ3) is 5.60. The molecule has 1 aromatic heterocycles. The molecule has 2 aromatic rings. The molecule has 6 heteroatoms. The normalized spacial score (nSPS) is 10.4. The van der Waals surface area contributed by atoms with Crippen molar-refractivity contribution < 1.29 is 14.3 Å². The number of nitrogens with zero attached hydrogens (tertiary/aromatic N) is 1. The van der Waals surface area contributed by atoms with Gasteiger partial charge in [-0.3, -0.25) is 4.79 Å². The van der Waals surface area contributed by atoms with Crippen molar-refractivity contribution in [3.63, 3.8) is 0 Å². The maximum absolute atomic E-state index is 12.0. The fraction of sp³-hybridized carbons (Fsp3) is 0.316. The van der Waals surface area contributed by atoms with E-state index in [1.807, 2.05) is 6.07 Å². The number of ether oxygens (including phenoxy) is 1. The summed E-state index contributed by atoms with van der Waals surface area (Å²) in [5, 5.41) is 5.97. The summed E-state index contributed by atoms with van der Waals surface area (Å²) in [6, 6.07) is 10.4. The van der Waals surface area contributed by atoms with E-state index < -0.39 is 5.97 Å². The van der Waals surface area contributed by atoms with Crippen LogP contribution >= 0.6 is 0 Å². The monoisotopic (exact) mass is 341 g/mol. The summed E-state index contributed by atoms with van der Waals surface area (Å²) in [7, 11) is 1.34. The second kappa shape index (κ2) is 8.82. The first-order chi connectivity index (χ1) is 12.0. The lowest BCUT2D eigenvalue weighted by Crippen LogP contribution is -2.25. The fourth-order valence-corrected chi connectivity index (χ4v) is 2.17. The maximum Gasteiger partial charge on any atom is 0.337 e. The molecule has 0 bridgehead atoms. The van der Waals surface area contributed by atoms with E-state index in [9.17, 15) is 9.59 Å². The predicted octanol–water partition coefficient (Wildman–Crippen LogP) is 3.39. The Bertz CT molecular complexity index is 727. The third-order valence-corrected chi connectivity index (χ3v) is 3.59. The van der Waals surface area contributed by atoms with Crippen molar-refractivity contribution in [1.29, 1.82) is 0 Å². The molecule has 0 atom stereocenters. The molecular formula is C19H23N3O3. The highest BCUT2D eigenvalue weighted by molar-refractivity contribution is 5.94. The number of amides is 1. The van der Waals surface area contributed by atoms with Crippen LogP contribution in [0.1, 0.15) is 41.0 Å². The molecule has 6 nitrogen and oxygen atoms in total. The molecule has 1 aromatic carbocycles. The van der Waals surface area contributed by atoms with Gasteiger partial charge in [-0.25, -0.2) is 9.78 Å². The highest BCUT2D eigenvalue weighted by Crippen LogP contribution is 2.17. The van der Waals surface area contributed by atoms with E-state index in [0.29, 0.717) is 35.1 Å². The smallest absolute Gasteiger partial charge is 0.337 e. The first-order valence-electron chi connectivity index (χ1n) is 8.19. The van der Waals surface area contributed by atoms with Crippen molar-refractivity contribution in [2.24, 2.45) is 5.92 Å². The molecule has 0 aliphatic rings. The Morgan fingerprint density at radius 1 is 1.16 bits per heavy atom. The third-order valence-electron chi connectivity index (χ3n) is 3.59. The number of hydrogen-bond acceptors (Lipinski definition) is 5. The SMILES string of the molecule is COC(=O)c1cccc(Nc2ccc(C(=O)NCCC(C)C)cn2)c1. The zero-order chi connectivity index (χ0) is 18.2. The fourth-order valence-electron chi connectivity index (χ4n) is 2.17.